The fourth-order valence-corrected chi connectivity index (χ4v) is 2.37. The Morgan fingerprint density at radius 1 is 1.21 bits per heavy atom. The van der Waals surface area contributed by atoms with Crippen molar-refractivity contribution in [2.75, 3.05) is 21.3 Å². The molecular weight excluding hydrogens is 248 g/mol. The number of fused-ring (bicyclic) bond motifs is 1. The molecule has 1 aliphatic carbocycles. The van der Waals surface area contributed by atoms with Crippen LogP contribution in [0.4, 0.5) is 0 Å². The number of Topliss-reactive ketones (excluding diaryl/α,β-unsaturated/α-hetero) is 1. The van der Waals surface area contributed by atoms with Crippen molar-refractivity contribution in [1.29, 1.82) is 0 Å². The second-order valence-electron chi connectivity index (χ2n) is 4.33. The molecule has 0 fully saturated rings. The molecule has 19 heavy (non-hydrogen) atoms. The van der Waals surface area contributed by atoms with Crippen LogP contribution in [-0.4, -0.2) is 33.1 Å². The van der Waals surface area contributed by atoms with Crippen molar-refractivity contribution in [3.63, 3.8) is 0 Å². The summed E-state index contributed by atoms with van der Waals surface area (Å²) in [5, 5.41) is 0. The number of hydrogen-bond donors (Lipinski definition) is 0. The zero-order valence-corrected chi connectivity index (χ0v) is 11.2. The molecule has 5 nitrogen and oxygen atoms in total. The molecule has 0 aliphatic heterocycles. The van der Waals surface area contributed by atoms with Crippen LogP contribution >= 0.6 is 0 Å². The highest BCUT2D eigenvalue weighted by atomic mass is 16.5. The lowest BCUT2D eigenvalue weighted by atomic mass is 9.82. The molecule has 0 radical (unpaired) electrons. The van der Waals surface area contributed by atoms with Gasteiger partial charge in [0.2, 0.25) is 0 Å². The van der Waals surface area contributed by atoms with E-state index >= 15 is 0 Å². The van der Waals surface area contributed by atoms with Crippen LogP contribution < -0.4 is 9.47 Å². The van der Waals surface area contributed by atoms with Crippen molar-refractivity contribution in [2.45, 2.75) is 12.8 Å². The van der Waals surface area contributed by atoms with Gasteiger partial charge >= 0.3 is 5.97 Å². The third kappa shape index (κ3) is 2.28. The first-order chi connectivity index (χ1) is 9.12. The molecule has 1 aromatic rings. The van der Waals surface area contributed by atoms with Crippen molar-refractivity contribution >= 4 is 11.8 Å². The molecule has 0 bridgehead atoms. The zero-order chi connectivity index (χ0) is 14.0. The maximum Gasteiger partial charge on any atom is 0.316 e. The van der Waals surface area contributed by atoms with Crippen LogP contribution in [0.1, 0.15) is 22.3 Å². The molecule has 0 amide bonds. The van der Waals surface area contributed by atoms with E-state index in [1.165, 1.54) is 14.2 Å². The molecule has 1 aliphatic rings. The van der Waals surface area contributed by atoms with Gasteiger partial charge in [-0.1, -0.05) is 0 Å². The summed E-state index contributed by atoms with van der Waals surface area (Å²) >= 11 is 0. The van der Waals surface area contributed by atoms with Gasteiger partial charge in [-0.05, 0) is 18.9 Å². The Hall–Kier alpha value is -2.04. The Labute approximate surface area is 111 Å². The van der Waals surface area contributed by atoms with Gasteiger partial charge in [-0.15, -0.1) is 0 Å². The van der Waals surface area contributed by atoms with E-state index in [0.29, 0.717) is 29.9 Å². The molecule has 1 aromatic carbocycles. The van der Waals surface area contributed by atoms with E-state index < -0.39 is 11.9 Å². The number of benzene rings is 1. The third-order valence-electron chi connectivity index (χ3n) is 3.39. The molecule has 0 saturated heterocycles. The van der Waals surface area contributed by atoms with Crippen molar-refractivity contribution in [1.82, 2.24) is 0 Å². The summed E-state index contributed by atoms with van der Waals surface area (Å²) < 4.78 is 15.1. The molecule has 0 saturated carbocycles. The van der Waals surface area contributed by atoms with Gasteiger partial charge in [0.1, 0.15) is 17.4 Å². The molecule has 0 heterocycles. The molecule has 0 spiro atoms. The first kappa shape index (κ1) is 13.4. The van der Waals surface area contributed by atoms with E-state index in [1.54, 1.807) is 19.2 Å². The van der Waals surface area contributed by atoms with E-state index in [2.05, 4.69) is 4.74 Å². The maximum atomic E-state index is 12.3. The largest absolute Gasteiger partial charge is 0.497 e. The summed E-state index contributed by atoms with van der Waals surface area (Å²) in [7, 11) is 4.36. The predicted molar refractivity (Wildman–Crippen MR) is 67.7 cm³/mol. The standard InChI is InChI=1S/C14H16O5/c1-17-8-6-11-9(12(7-8)18-2)4-5-10(13(11)15)14(16)19-3/h6-7,10H,4-5H2,1-3H3. The summed E-state index contributed by atoms with van der Waals surface area (Å²) in [5.74, 6) is -0.294. The van der Waals surface area contributed by atoms with Crippen molar-refractivity contribution in [3.8, 4) is 11.5 Å². The Morgan fingerprint density at radius 2 is 1.95 bits per heavy atom. The number of methoxy groups -OCH3 is 3. The number of ether oxygens (including phenoxy) is 3. The second kappa shape index (κ2) is 5.30. The minimum atomic E-state index is -0.727. The number of carbonyl (C=O) groups is 2. The molecule has 1 atom stereocenters. The van der Waals surface area contributed by atoms with Gasteiger partial charge in [-0.3, -0.25) is 9.59 Å². The Balaban J connectivity index is 2.47. The van der Waals surface area contributed by atoms with Crippen LogP contribution in [0, 0.1) is 5.92 Å². The van der Waals surface area contributed by atoms with Gasteiger partial charge in [0.15, 0.2) is 5.78 Å². The lowest BCUT2D eigenvalue weighted by molar-refractivity contribution is -0.143. The first-order valence-corrected chi connectivity index (χ1v) is 5.99. The summed E-state index contributed by atoms with van der Waals surface area (Å²) in [6, 6.07) is 3.39. The number of rotatable bonds is 3. The molecular formula is C14H16O5. The van der Waals surface area contributed by atoms with E-state index in [4.69, 9.17) is 9.47 Å². The topological polar surface area (TPSA) is 61.8 Å². The summed E-state index contributed by atoms with van der Waals surface area (Å²) in [6.45, 7) is 0. The second-order valence-corrected chi connectivity index (χ2v) is 4.33. The molecule has 2 rings (SSSR count). The van der Waals surface area contributed by atoms with Gasteiger partial charge in [0.05, 0.1) is 21.3 Å². The van der Waals surface area contributed by atoms with Crippen LogP contribution in [0.2, 0.25) is 0 Å². The molecule has 0 aromatic heterocycles. The van der Waals surface area contributed by atoms with E-state index in [9.17, 15) is 9.59 Å². The molecule has 1 unspecified atom stereocenters. The average Bonchev–Trinajstić information content (AvgIpc) is 2.46. The fourth-order valence-electron chi connectivity index (χ4n) is 2.37. The fraction of sp³-hybridized carbons (Fsp3) is 0.429. The average molecular weight is 264 g/mol. The Morgan fingerprint density at radius 3 is 2.53 bits per heavy atom. The molecule has 0 N–H and O–H groups in total. The van der Waals surface area contributed by atoms with Crippen LogP contribution in [-0.2, 0) is 16.0 Å². The van der Waals surface area contributed by atoms with E-state index in [1.807, 2.05) is 0 Å². The number of ketones is 1. The normalized spacial score (nSPS) is 17.6. The number of carbonyl (C=O) groups excluding carboxylic acids is 2. The maximum absolute atomic E-state index is 12.3. The number of esters is 1. The van der Waals surface area contributed by atoms with Crippen molar-refractivity contribution in [2.24, 2.45) is 5.92 Å². The predicted octanol–water partition coefficient (Wildman–Crippen LogP) is 1.62. The minimum absolute atomic E-state index is 0.231. The lowest BCUT2D eigenvalue weighted by Gasteiger charge is -2.23. The highest BCUT2D eigenvalue weighted by molar-refractivity contribution is 6.10. The zero-order valence-electron chi connectivity index (χ0n) is 11.2. The van der Waals surface area contributed by atoms with Crippen LogP contribution in [0.5, 0.6) is 11.5 Å². The minimum Gasteiger partial charge on any atom is -0.497 e. The Bertz CT molecular complexity index is 521. The van der Waals surface area contributed by atoms with E-state index in [-0.39, 0.29) is 5.78 Å². The monoisotopic (exact) mass is 264 g/mol. The quantitative estimate of drug-likeness (QED) is 0.613. The summed E-state index contributed by atoms with van der Waals surface area (Å²) in [4.78, 5) is 23.9. The van der Waals surface area contributed by atoms with Gasteiger partial charge < -0.3 is 14.2 Å². The molecule has 102 valence electrons. The summed E-state index contributed by atoms with van der Waals surface area (Å²) in [6.07, 6.45) is 1.05. The molecule has 5 heteroatoms. The van der Waals surface area contributed by atoms with Crippen molar-refractivity contribution < 1.29 is 23.8 Å². The van der Waals surface area contributed by atoms with Gasteiger partial charge in [0, 0.05) is 17.2 Å². The highest BCUT2D eigenvalue weighted by Gasteiger charge is 2.35. The third-order valence-corrected chi connectivity index (χ3v) is 3.39. The number of hydrogen-bond acceptors (Lipinski definition) is 5. The smallest absolute Gasteiger partial charge is 0.316 e. The van der Waals surface area contributed by atoms with Crippen LogP contribution in [0.25, 0.3) is 0 Å². The lowest BCUT2D eigenvalue weighted by Crippen LogP contribution is -2.30. The SMILES string of the molecule is COC(=O)C1CCc2c(OC)cc(OC)cc2C1=O. The van der Waals surface area contributed by atoms with Crippen LogP contribution in [0.3, 0.4) is 0 Å². The van der Waals surface area contributed by atoms with Gasteiger partial charge in [0.25, 0.3) is 0 Å². The summed E-state index contributed by atoms with van der Waals surface area (Å²) in [5.41, 5.74) is 1.31. The van der Waals surface area contributed by atoms with Crippen molar-refractivity contribution in [3.05, 3.63) is 23.3 Å². The first-order valence-electron chi connectivity index (χ1n) is 5.99. The highest BCUT2D eigenvalue weighted by Crippen LogP contribution is 2.36. The van der Waals surface area contributed by atoms with Gasteiger partial charge in [-0.25, -0.2) is 0 Å². The van der Waals surface area contributed by atoms with E-state index in [0.717, 1.165) is 5.56 Å². The Kier molecular flexibility index (Phi) is 3.74. The van der Waals surface area contributed by atoms with Crippen LogP contribution in [0.15, 0.2) is 12.1 Å². The van der Waals surface area contributed by atoms with Gasteiger partial charge in [-0.2, -0.15) is 0 Å².